The smallest absolute Gasteiger partial charge is 0.294 e. The number of nitrogens with zero attached hydrogens (tertiary/aromatic N) is 4. The van der Waals surface area contributed by atoms with Gasteiger partial charge in [0.15, 0.2) is 22.8 Å². The van der Waals surface area contributed by atoms with Crippen molar-refractivity contribution in [1.29, 1.82) is 0 Å². The van der Waals surface area contributed by atoms with Crippen molar-refractivity contribution in [3.8, 4) is 0 Å². The summed E-state index contributed by atoms with van der Waals surface area (Å²) in [7, 11) is -4.23. The van der Waals surface area contributed by atoms with Crippen molar-refractivity contribution in [2.24, 2.45) is 0 Å². The Bertz CT molecular complexity index is 1220. The fourth-order valence-electron chi connectivity index (χ4n) is 3.37. The first-order valence-corrected chi connectivity index (χ1v) is 11.9. The molecule has 0 bridgehead atoms. The van der Waals surface area contributed by atoms with E-state index in [1.54, 1.807) is 12.1 Å². The van der Waals surface area contributed by atoms with E-state index in [0.717, 1.165) is 5.56 Å². The molecule has 2 aromatic heterocycles. The maximum atomic E-state index is 11.1. The Hall–Kier alpha value is -2.33. The lowest BCUT2D eigenvalue weighted by atomic mass is 10.1. The number of aliphatic hydroxyl groups is 3. The molecule has 0 amide bonds. The maximum absolute atomic E-state index is 11.1. The van der Waals surface area contributed by atoms with Gasteiger partial charge in [-0.25, -0.2) is 15.0 Å². The molecule has 0 aliphatic carbocycles. The molecule has 0 radical (unpaired) electrons. The first kappa shape index (κ1) is 22.8. The summed E-state index contributed by atoms with van der Waals surface area (Å²) in [5.41, 5.74) is 7.49. The zero-order valence-electron chi connectivity index (χ0n) is 16.5. The molecule has 14 heteroatoms. The van der Waals surface area contributed by atoms with Crippen LogP contribution in [0.25, 0.3) is 11.2 Å². The van der Waals surface area contributed by atoms with Gasteiger partial charge in [-0.2, -0.15) is 8.42 Å². The predicted molar refractivity (Wildman–Crippen MR) is 113 cm³/mol. The van der Waals surface area contributed by atoms with Crippen molar-refractivity contribution >= 4 is 38.9 Å². The molecule has 3 aromatic rings. The number of ether oxygens (including phenoxy) is 1. The summed E-state index contributed by atoms with van der Waals surface area (Å²) in [5.74, 6) is 0.693. The first-order valence-electron chi connectivity index (χ1n) is 9.50. The second-order valence-corrected chi connectivity index (χ2v) is 9.65. The van der Waals surface area contributed by atoms with Gasteiger partial charge in [0.1, 0.15) is 23.8 Å². The monoisotopic (exact) mass is 483 g/mol. The molecule has 12 nitrogen and oxygen atoms in total. The molecule has 1 saturated heterocycles. The minimum absolute atomic E-state index is 0.139. The Morgan fingerprint density at radius 1 is 1.16 bits per heavy atom. The molecule has 0 saturated carbocycles. The van der Waals surface area contributed by atoms with E-state index in [1.807, 2.05) is 0 Å². The van der Waals surface area contributed by atoms with Crippen molar-refractivity contribution in [2.75, 3.05) is 18.1 Å². The SMILES string of the molecule is Nc1nc(SCCc2ccc(S(=O)(=O)O)cc2)nc2c1ncn2C1OC(CO)C(O)C1O. The van der Waals surface area contributed by atoms with Crippen LogP contribution in [0.1, 0.15) is 11.8 Å². The first-order chi connectivity index (χ1) is 15.2. The fourth-order valence-corrected chi connectivity index (χ4v) is 4.68. The lowest BCUT2D eigenvalue weighted by Crippen LogP contribution is -2.33. The van der Waals surface area contributed by atoms with Crippen LogP contribution in [0.3, 0.4) is 0 Å². The zero-order chi connectivity index (χ0) is 23.0. The van der Waals surface area contributed by atoms with Gasteiger partial charge in [-0.05, 0) is 24.1 Å². The second-order valence-electron chi connectivity index (χ2n) is 7.16. The highest BCUT2D eigenvalue weighted by atomic mass is 32.2. The largest absolute Gasteiger partial charge is 0.394 e. The second kappa shape index (κ2) is 8.90. The third-order valence-electron chi connectivity index (χ3n) is 5.06. The number of rotatable bonds is 7. The molecule has 1 fully saturated rings. The van der Waals surface area contributed by atoms with Gasteiger partial charge in [0.05, 0.1) is 17.8 Å². The van der Waals surface area contributed by atoms with Gasteiger partial charge in [-0.1, -0.05) is 23.9 Å². The molecule has 1 aliphatic heterocycles. The van der Waals surface area contributed by atoms with E-state index in [1.165, 1.54) is 34.8 Å². The van der Waals surface area contributed by atoms with E-state index in [-0.39, 0.29) is 10.7 Å². The average Bonchev–Trinajstić information content (AvgIpc) is 3.29. The molecule has 4 unspecified atom stereocenters. The van der Waals surface area contributed by atoms with Gasteiger partial charge in [-0.15, -0.1) is 0 Å². The van der Waals surface area contributed by atoms with Crippen molar-refractivity contribution in [1.82, 2.24) is 19.5 Å². The molecule has 0 spiro atoms. The van der Waals surface area contributed by atoms with Crippen LogP contribution in [0.2, 0.25) is 0 Å². The van der Waals surface area contributed by atoms with Crippen molar-refractivity contribution in [3.05, 3.63) is 36.2 Å². The molecule has 32 heavy (non-hydrogen) atoms. The highest BCUT2D eigenvalue weighted by Crippen LogP contribution is 2.32. The molecular formula is C18H21N5O7S2. The molecule has 4 rings (SSSR count). The third-order valence-corrected chi connectivity index (χ3v) is 6.78. The van der Waals surface area contributed by atoms with Crippen LogP contribution >= 0.6 is 11.8 Å². The number of aliphatic hydroxyl groups excluding tert-OH is 3. The van der Waals surface area contributed by atoms with E-state index < -0.39 is 41.3 Å². The summed E-state index contributed by atoms with van der Waals surface area (Å²) in [6.45, 7) is -0.454. The molecule has 1 aromatic carbocycles. The Morgan fingerprint density at radius 3 is 2.50 bits per heavy atom. The topological polar surface area (TPSA) is 194 Å². The summed E-state index contributed by atoms with van der Waals surface area (Å²) in [6, 6.07) is 5.88. The van der Waals surface area contributed by atoms with Crippen LogP contribution in [0.5, 0.6) is 0 Å². The lowest BCUT2D eigenvalue weighted by Gasteiger charge is -2.16. The minimum atomic E-state index is -4.23. The molecule has 6 N–H and O–H groups in total. The van der Waals surface area contributed by atoms with E-state index in [2.05, 4.69) is 15.0 Å². The number of benzene rings is 1. The predicted octanol–water partition coefficient (Wildman–Crippen LogP) is -0.399. The van der Waals surface area contributed by atoms with E-state index >= 15 is 0 Å². The normalized spacial score (nSPS) is 23.8. The Morgan fingerprint density at radius 2 is 1.88 bits per heavy atom. The molecule has 1 aliphatic rings. The zero-order valence-corrected chi connectivity index (χ0v) is 18.1. The van der Waals surface area contributed by atoms with E-state index in [4.69, 9.17) is 15.0 Å². The van der Waals surface area contributed by atoms with Crippen LogP contribution in [0, 0.1) is 0 Å². The summed E-state index contributed by atoms with van der Waals surface area (Å²) in [5, 5.41) is 30.0. The standard InChI is InChI=1S/C18H21N5O7S2/c19-15-12-16(23(8-20-12)17-14(26)13(25)11(7-24)30-17)22-18(21-15)31-6-5-9-1-3-10(4-2-9)32(27,28)29/h1-4,8,11,13-14,17,24-26H,5-7H2,(H2,19,21,22)(H,27,28,29). The number of aryl methyl sites for hydroxylation is 1. The number of hydrogen-bond donors (Lipinski definition) is 5. The van der Waals surface area contributed by atoms with Gasteiger partial charge < -0.3 is 25.8 Å². The number of aromatic nitrogens is 4. The van der Waals surface area contributed by atoms with E-state index in [9.17, 15) is 23.7 Å². The van der Waals surface area contributed by atoms with Crippen molar-refractivity contribution < 1.29 is 33.0 Å². The van der Waals surface area contributed by atoms with Crippen LogP contribution in [0.4, 0.5) is 5.82 Å². The average molecular weight is 484 g/mol. The number of imidazole rings is 1. The van der Waals surface area contributed by atoms with Gasteiger partial charge in [0, 0.05) is 5.75 Å². The molecule has 3 heterocycles. The van der Waals surface area contributed by atoms with Crippen molar-refractivity contribution in [2.45, 2.75) is 41.0 Å². The molecular weight excluding hydrogens is 462 g/mol. The van der Waals surface area contributed by atoms with Crippen LogP contribution in [-0.2, 0) is 21.3 Å². The number of nitrogens with two attached hydrogens (primary N) is 1. The Balaban J connectivity index is 1.50. The van der Waals surface area contributed by atoms with E-state index in [0.29, 0.717) is 28.5 Å². The summed E-state index contributed by atoms with van der Waals surface area (Å²) >= 11 is 1.31. The number of anilines is 1. The Kier molecular flexibility index (Phi) is 6.35. The van der Waals surface area contributed by atoms with Gasteiger partial charge in [0.25, 0.3) is 10.1 Å². The Labute approximate surface area is 186 Å². The minimum Gasteiger partial charge on any atom is -0.394 e. The number of fused-ring (bicyclic) bond motifs is 1. The number of hydrogen-bond acceptors (Lipinski definition) is 11. The third kappa shape index (κ3) is 4.43. The number of thioether (sulfide) groups is 1. The highest BCUT2D eigenvalue weighted by molar-refractivity contribution is 7.99. The van der Waals surface area contributed by atoms with Gasteiger partial charge in [0.2, 0.25) is 0 Å². The van der Waals surface area contributed by atoms with Crippen LogP contribution < -0.4 is 5.73 Å². The molecule has 4 atom stereocenters. The summed E-state index contributed by atoms with van der Waals surface area (Å²) in [6.07, 6.45) is -2.54. The maximum Gasteiger partial charge on any atom is 0.294 e. The highest BCUT2D eigenvalue weighted by Gasteiger charge is 2.44. The number of nitrogen functional groups attached to an aromatic ring is 1. The van der Waals surface area contributed by atoms with Crippen LogP contribution in [0.15, 0.2) is 40.6 Å². The van der Waals surface area contributed by atoms with Gasteiger partial charge in [-0.3, -0.25) is 9.12 Å². The van der Waals surface area contributed by atoms with Gasteiger partial charge >= 0.3 is 0 Å². The van der Waals surface area contributed by atoms with Crippen LogP contribution in [-0.4, -0.2) is 78.5 Å². The van der Waals surface area contributed by atoms with Crippen molar-refractivity contribution in [3.63, 3.8) is 0 Å². The summed E-state index contributed by atoms with van der Waals surface area (Å²) in [4.78, 5) is 12.7. The summed E-state index contributed by atoms with van der Waals surface area (Å²) < 4.78 is 38.3. The fraction of sp³-hybridized carbons (Fsp3) is 0.389. The molecule has 172 valence electrons. The quantitative estimate of drug-likeness (QED) is 0.166. The lowest BCUT2D eigenvalue weighted by molar-refractivity contribution is -0.0511.